The molecular formula is C25H26N4O2S2. The highest BCUT2D eigenvalue weighted by molar-refractivity contribution is 8.26. The molecule has 33 heavy (non-hydrogen) atoms. The first-order valence-corrected chi connectivity index (χ1v) is 12.3. The van der Waals surface area contributed by atoms with Crippen LogP contribution in [-0.4, -0.2) is 31.1 Å². The minimum absolute atomic E-state index is 0.195. The highest BCUT2D eigenvalue weighted by Gasteiger charge is 2.32. The van der Waals surface area contributed by atoms with E-state index in [0.717, 1.165) is 30.4 Å². The Morgan fingerprint density at radius 2 is 1.91 bits per heavy atom. The van der Waals surface area contributed by atoms with Gasteiger partial charge in [-0.05, 0) is 36.6 Å². The molecule has 6 nitrogen and oxygen atoms in total. The van der Waals surface area contributed by atoms with Gasteiger partial charge in [0.2, 0.25) is 0 Å². The molecular weight excluding hydrogens is 452 g/mol. The SMILES string of the molecule is CCCCCNc1nc2c(C)cccn2c(=O)c1C=C1SC(=S)N(Cc2ccccc2)C1=O. The van der Waals surface area contributed by atoms with Gasteiger partial charge in [-0.15, -0.1) is 0 Å². The average Bonchev–Trinajstić information content (AvgIpc) is 3.07. The average molecular weight is 479 g/mol. The van der Waals surface area contributed by atoms with Gasteiger partial charge in [-0.1, -0.05) is 80.1 Å². The number of aromatic nitrogens is 2. The summed E-state index contributed by atoms with van der Waals surface area (Å²) in [6, 6.07) is 13.5. The number of nitrogens with zero attached hydrogens (tertiary/aromatic N) is 3. The normalized spacial score (nSPS) is 15.1. The third-order valence-electron chi connectivity index (χ3n) is 5.49. The highest BCUT2D eigenvalue weighted by Crippen LogP contribution is 2.34. The lowest BCUT2D eigenvalue weighted by atomic mass is 10.2. The van der Waals surface area contributed by atoms with Crippen LogP contribution in [0, 0.1) is 6.92 Å². The molecule has 0 unspecified atom stereocenters. The molecule has 8 heteroatoms. The van der Waals surface area contributed by atoms with Crippen molar-refractivity contribution < 1.29 is 4.79 Å². The van der Waals surface area contributed by atoms with E-state index in [4.69, 9.17) is 17.2 Å². The van der Waals surface area contributed by atoms with Crippen molar-refractivity contribution >= 4 is 51.7 Å². The standard InChI is InChI=1S/C25H26N4O2S2/c1-3-4-8-13-26-21-19(23(30)28-14-9-10-17(2)22(28)27-21)15-20-24(31)29(25(32)33-20)16-18-11-6-5-7-12-18/h5-7,9-12,14-15,26H,3-4,8,13,16H2,1-2H3. The van der Waals surface area contributed by atoms with Crippen LogP contribution in [0.2, 0.25) is 0 Å². The summed E-state index contributed by atoms with van der Waals surface area (Å²) in [5, 5.41) is 3.32. The van der Waals surface area contributed by atoms with E-state index in [-0.39, 0.29) is 11.5 Å². The maximum atomic E-state index is 13.4. The van der Waals surface area contributed by atoms with Crippen LogP contribution in [0.25, 0.3) is 11.7 Å². The van der Waals surface area contributed by atoms with E-state index in [9.17, 15) is 9.59 Å². The molecule has 1 fully saturated rings. The lowest BCUT2D eigenvalue weighted by molar-refractivity contribution is -0.122. The number of hydrogen-bond donors (Lipinski definition) is 1. The molecule has 1 amide bonds. The van der Waals surface area contributed by atoms with Crippen LogP contribution in [0.4, 0.5) is 5.82 Å². The van der Waals surface area contributed by atoms with E-state index in [1.807, 2.05) is 49.4 Å². The molecule has 1 N–H and O–H groups in total. The molecule has 170 valence electrons. The van der Waals surface area contributed by atoms with Crippen LogP contribution in [0.3, 0.4) is 0 Å². The van der Waals surface area contributed by atoms with Gasteiger partial charge in [-0.2, -0.15) is 0 Å². The van der Waals surface area contributed by atoms with Crippen LogP contribution >= 0.6 is 24.0 Å². The van der Waals surface area contributed by atoms with Crippen molar-refractivity contribution in [3.05, 3.63) is 80.6 Å². The summed E-state index contributed by atoms with van der Waals surface area (Å²) in [7, 11) is 0. The van der Waals surface area contributed by atoms with Crippen LogP contribution in [0.15, 0.2) is 58.4 Å². The molecule has 0 spiro atoms. The number of unbranched alkanes of at least 4 members (excludes halogenated alkanes) is 2. The third kappa shape index (κ3) is 5.02. The second-order valence-corrected chi connectivity index (χ2v) is 9.63. The van der Waals surface area contributed by atoms with Crippen LogP contribution in [-0.2, 0) is 11.3 Å². The van der Waals surface area contributed by atoms with Gasteiger partial charge in [0.25, 0.3) is 11.5 Å². The summed E-state index contributed by atoms with van der Waals surface area (Å²) in [5.41, 5.74) is 2.67. The second kappa shape index (κ2) is 10.3. The van der Waals surface area contributed by atoms with E-state index in [1.165, 1.54) is 16.2 Å². The van der Waals surface area contributed by atoms with Gasteiger partial charge in [0.15, 0.2) is 0 Å². The Hall–Kier alpha value is -2.97. The van der Waals surface area contributed by atoms with E-state index in [1.54, 1.807) is 17.2 Å². The van der Waals surface area contributed by atoms with Gasteiger partial charge in [0.05, 0.1) is 17.0 Å². The summed E-state index contributed by atoms with van der Waals surface area (Å²) >= 11 is 6.70. The topological polar surface area (TPSA) is 66.7 Å². The van der Waals surface area contributed by atoms with Gasteiger partial charge >= 0.3 is 0 Å². The summed E-state index contributed by atoms with van der Waals surface area (Å²) in [6.07, 6.45) is 6.51. The molecule has 0 saturated carbocycles. The molecule has 3 heterocycles. The fraction of sp³-hybridized carbons (Fsp3) is 0.280. The quantitative estimate of drug-likeness (QED) is 0.279. The van der Waals surface area contributed by atoms with Gasteiger partial charge in [-0.25, -0.2) is 4.98 Å². The van der Waals surface area contributed by atoms with E-state index >= 15 is 0 Å². The largest absolute Gasteiger partial charge is 0.369 e. The molecule has 0 bridgehead atoms. The first-order valence-electron chi connectivity index (χ1n) is 11.0. The Kier molecular flexibility index (Phi) is 7.25. The number of anilines is 1. The Morgan fingerprint density at radius 3 is 2.67 bits per heavy atom. The number of amides is 1. The number of rotatable bonds is 8. The number of aryl methyl sites for hydroxylation is 1. The molecule has 0 atom stereocenters. The lowest BCUT2D eigenvalue weighted by Gasteiger charge is -2.14. The third-order valence-corrected chi connectivity index (χ3v) is 6.87. The number of thioether (sulfide) groups is 1. The van der Waals surface area contributed by atoms with Crippen molar-refractivity contribution in [3.8, 4) is 0 Å². The van der Waals surface area contributed by atoms with Crippen molar-refractivity contribution in [2.24, 2.45) is 0 Å². The summed E-state index contributed by atoms with van der Waals surface area (Å²) in [5.74, 6) is 0.304. The van der Waals surface area contributed by atoms with E-state index < -0.39 is 0 Å². The Balaban J connectivity index is 1.72. The molecule has 4 rings (SSSR count). The zero-order chi connectivity index (χ0) is 23.4. The fourth-order valence-electron chi connectivity index (χ4n) is 3.69. The number of fused-ring (bicyclic) bond motifs is 1. The zero-order valence-electron chi connectivity index (χ0n) is 18.7. The van der Waals surface area contributed by atoms with Gasteiger partial charge in [0, 0.05) is 12.7 Å². The lowest BCUT2D eigenvalue weighted by Crippen LogP contribution is -2.27. The molecule has 2 aromatic heterocycles. The van der Waals surface area contributed by atoms with Crippen molar-refractivity contribution in [2.45, 2.75) is 39.7 Å². The Labute approximate surface area is 202 Å². The second-order valence-electron chi connectivity index (χ2n) is 7.95. The number of carbonyl (C=O) groups excluding carboxylic acids is 1. The first kappa shape index (κ1) is 23.2. The number of carbonyl (C=O) groups is 1. The van der Waals surface area contributed by atoms with Crippen molar-refractivity contribution in [2.75, 3.05) is 11.9 Å². The molecule has 0 radical (unpaired) electrons. The number of nitrogens with one attached hydrogen (secondary N) is 1. The highest BCUT2D eigenvalue weighted by atomic mass is 32.2. The van der Waals surface area contributed by atoms with Gasteiger partial charge in [0.1, 0.15) is 15.8 Å². The number of hydrogen-bond acceptors (Lipinski definition) is 6. The maximum absolute atomic E-state index is 13.4. The molecule has 1 aromatic carbocycles. The monoisotopic (exact) mass is 478 g/mol. The smallest absolute Gasteiger partial charge is 0.267 e. The Bertz CT molecular complexity index is 1280. The molecule has 1 saturated heterocycles. The Morgan fingerprint density at radius 1 is 1.12 bits per heavy atom. The molecule has 3 aromatic rings. The van der Waals surface area contributed by atoms with Crippen molar-refractivity contribution in [1.29, 1.82) is 0 Å². The fourth-order valence-corrected chi connectivity index (χ4v) is 4.93. The van der Waals surface area contributed by atoms with Crippen LogP contribution in [0.1, 0.15) is 42.9 Å². The van der Waals surface area contributed by atoms with Gasteiger partial charge < -0.3 is 5.32 Å². The molecule has 1 aliphatic rings. The van der Waals surface area contributed by atoms with Crippen molar-refractivity contribution in [3.63, 3.8) is 0 Å². The molecule has 1 aliphatic heterocycles. The minimum atomic E-state index is -0.213. The summed E-state index contributed by atoms with van der Waals surface area (Å²) < 4.78 is 2.01. The van der Waals surface area contributed by atoms with E-state index in [0.29, 0.717) is 39.3 Å². The van der Waals surface area contributed by atoms with E-state index in [2.05, 4.69) is 12.2 Å². The minimum Gasteiger partial charge on any atom is -0.369 e. The summed E-state index contributed by atoms with van der Waals surface area (Å²) in [6.45, 7) is 5.18. The van der Waals surface area contributed by atoms with Crippen molar-refractivity contribution in [1.82, 2.24) is 14.3 Å². The molecule has 0 aliphatic carbocycles. The first-order chi connectivity index (χ1) is 16.0. The number of benzene rings is 1. The van der Waals surface area contributed by atoms with Crippen LogP contribution < -0.4 is 10.9 Å². The summed E-state index contributed by atoms with van der Waals surface area (Å²) in [4.78, 5) is 33.3. The number of thiocarbonyl (C=S) groups is 1. The predicted octanol–water partition coefficient (Wildman–Crippen LogP) is 5.01. The van der Waals surface area contributed by atoms with Gasteiger partial charge in [-0.3, -0.25) is 18.9 Å². The maximum Gasteiger partial charge on any atom is 0.267 e. The zero-order valence-corrected chi connectivity index (χ0v) is 20.3. The predicted molar refractivity (Wildman–Crippen MR) is 139 cm³/mol. The number of pyridine rings is 1. The van der Waals surface area contributed by atoms with Crippen LogP contribution in [0.5, 0.6) is 0 Å².